The van der Waals surface area contributed by atoms with Crippen molar-refractivity contribution in [1.82, 2.24) is 5.32 Å². The van der Waals surface area contributed by atoms with Gasteiger partial charge >= 0.3 is 0 Å². The first kappa shape index (κ1) is 17.5. The van der Waals surface area contributed by atoms with Gasteiger partial charge in [-0.25, -0.2) is 0 Å². The molecule has 0 spiro atoms. The number of unbranched alkanes of at least 4 members (excludes halogenated alkanes) is 1. The number of benzene rings is 1. The van der Waals surface area contributed by atoms with E-state index in [0.717, 1.165) is 49.2 Å². The van der Waals surface area contributed by atoms with E-state index in [9.17, 15) is 0 Å². The van der Waals surface area contributed by atoms with Crippen molar-refractivity contribution < 1.29 is 9.47 Å². The summed E-state index contributed by atoms with van der Waals surface area (Å²) in [7, 11) is 1.73. The zero-order valence-corrected chi connectivity index (χ0v) is 14.3. The van der Waals surface area contributed by atoms with Crippen molar-refractivity contribution in [3.8, 4) is 5.75 Å². The minimum atomic E-state index is 0.303. The monoisotopic (exact) mass is 343 g/mol. The number of hydrogen-bond donors (Lipinski definition) is 1. The molecule has 1 aromatic carbocycles. The van der Waals surface area contributed by atoms with E-state index in [0.29, 0.717) is 6.04 Å². The highest BCUT2D eigenvalue weighted by Crippen LogP contribution is 2.29. The van der Waals surface area contributed by atoms with Crippen LogP contribution in [0.5, 0.6) is 5.75 Å². The summed E-state index contributed by atoms with van der Waals surface area (Å²) in [6.45, 7) is 6.90. The molecule has 0 aliphatic carbocycles. The Bertz CT molecular complexity index is 385. The molecule has 0 aromatic heterocycles. The van der Waals surface area contributed by atoms with Gasteiger partial charge < -0.3 is 14.8 Å². The van der Waals surface area contributed by atoms with Gasteiger partial charge in [0, 0.05) is 29.8 Å². The Labute approximate surface area is 131 Å². The molecular formula is C16H26BrNO2. The van der Waals surface area contributed by atoms with E-state index in [-0.39, 0.29) is 0 Å². The van der Waals surface area contributed by atoms with Crippen LogP contribution < -0.4 is 10.1 Å². The maximum atomic E-state index is 5.94. The van der Waals surface area contributed by atoms with Crippen molar-refractivity contribution in [3.63, 3.8) is 0 Å². The Morgan fingerprint density at radius 3 is 2.70 bits per heavy atom. The standard InChI is InChI=1S/C16H26BrNO2/c1-4-9-18-13(2)15-8-7-14(17)12-16(15)20-11-6-5-10-19-3/h7-8,12-13,18H,4-6,9-11H2,1-3H3. The second-order valence-electron chi connectivity index (χ2n) is 4.91. The third kappa shape index (κ3) is 6.25. The number of ether oxygens (including phenoxy) is 2. The maximum Gasteiger partial charge on any atom is 0.125 e. The summed E-state index contributed by atoms with van der Waals surface area (Å²) in [5.41, 5.74) is 1.22. The lowest BCUT2D eigenvalue weighted by atomic mass is 10.1. The lowest BCUT2D eigenvalue weighted by Gasteiger charge is -2.18. The van der Waals surface area contributed by atoms with Gasteiger partial charge in [-0.15, -0.1) is 0 Å². The molecule has 0 bridgehead atoms. The number of methoxy groups -OCH3 is 1. The van der Waals surface area contributed by atoms with Crippen molar-refractivity contribution >= 4 is 15.9 Å². The van der Waals surface area contributed by atoms with E-state index in [1.807, 2.05) is 0 Å². The van der Waals surface area contributed by atoms with Crippen LogP contribution in [0.4, 0.5) is 0 Å². The fourth-order valence-electron chi connectivity index (χ4n) is 1.99. The van der Waals surface area contributed by atoms with Crippen LogP contribution in [-0.2, 0) is 4.74 Å². The third-order valence-electron chi connectivity index (χ3n) is 3.14. The quantitative estimate of drug-likeness (QED) is 0.642. The number of halogens is 1. The van der Waals surface area contributed by atoms with Gasteiger partial charge in [-0.05, 0) is 44.9 Å². The van der Waals surface area contributed by atoms with Crippen LogP contribution in [0.1, 0.15) is 44.7 Å². The van der Waals surface area contributed by atoms with E-state index in [2.05, 4.69) is 53.3 Å². The minimum absolute atomic E-state index is 0.303. The lowest BCUT2D eigenvalue weighted by Crippen LogP contribution is -2.20. The second-order valence-corrected chi connectivity index (χ2v) is 5.82. The van der Waals surface area contributed by atoms with E-state index >= 15 is 0 Å². The van der Waals surface area contributed by atoms with Crippen LogP contribution in [0.25, 0.3) is 0 Å². The Hall–Kier alpha value is -0.580. The first-order chi connectivity index (χ1) is 9.69. The Morgan fingerprint density at radius 1 is 1.25 bits per heavy atom. The van der Waals surface area contributed by atoms with Gasteiger partial charge in [0.05, 0.1) is 6.61 Å². The normalized spacial score (nSPS) is 12.4. The predicted octanol–water partition coefficient (Wildman–Crippen LogP) is 4.32. The van der Waals surface area contributed by atoms with E-state index in [1.165, 1.54) is 5.56 Å². The van der Waals surface area contributed by atoms with Crippen molar-refractivity contribution in [1.29, 1.82) is 0 Å². The Kier molecular flexibility index (Phi) is 8.90. The smallest absolute Gasteiger partial charge is 0.125 e. The second kappa shape index (κ2) is 10.2. The molecule has 0 fully saturated rings. The largest absolute Gasteiger partial charge is 0.493 e. The van der Waals surface area contributed by atoms with Gasteiger partial charge in [-0.2, -0.15) is 0 Å². The fraction of sp³-hybridized carbons (Fsp3) is 0.625. The first-order valence-electron chi connectivity index (χ1n) is 7.33. The molecule has 0 saturated carbocycles. The molecule has 0 radical (unpaired) electrons. The topological polar surface area (TPSA) is 30.5 Å². The van der Waals surface area contributed by atoms with Crippen molar-refractivity contribution in [3.05, 3.63) is 28.2 Å². The summed E-state index contributed by atoms with van der Waals surface area (Å²) in [6, 6.07) is 6.55. The zero-order chi connectivity index (χ0) is 14.8. The van der Waals surface area contributed by atoms with Crippen molar-refractivity contribution in [2.45, 2.75) is 39.2 Å². The number of hydrogen-bond acceptors (Lipinski definition) is 3. The van der Waals surface area contributed by atoms with Crippen molar-refractivity contribution in [2.24, 2.45) is 0 Å². The van der Waals surface area contributed by atoms with Crippen LogP contribution >= 0.6 is 15.9 Å². The van der Waals surface area contributed by atoms with Crippen LogP contribution in [0.2, 0.25) is 0 Å². The zero-order valence-electron chi connectivity index (χ0n) is 12.7. The highest BCUT2D eigenvalue weighted by molar-refractivity contribution is 9.10. The first-order valence-corrected chi connectivity index (χ1v) is 8.13. The molecule has 0 aliphatic rings. The molecule has 3 nitrogen and oxygen atoms in total. The highest BCUT2D eigenvalue weighted by Gasteiger charge is 2.11. The van der Waals surface area contributed by atoms with Gasteiger partial charge in [0.15, 0.2) is 0 Å². The average molecular weight is 344 g/mol. The molecule has 114 valence electrons. The molecule has 0 aliphatic heterocycles. The van der Waals surface area contributed by atoms with E-state index in [4.69, 9.17) is 9.47 Å². The molecule has 1 aromatic rings. The Balaban J connectivity index is 2.60. The molecule has 1 unspecified atom stereocenters. The Morgan fingerprint density at radius 2 is 2.00 bits per heavy atom. The van der Waals surface area contributed by atoms with Gasteiger partial charge in [-0.3, -0.25) is 0 Å². The summed E-state index contributed by atoms with van der Waals surface area (Å²) in [4.78, 5) is 0. The van der Waals surface area contributed by atoms with Gasteiger partial charge in [-0.1, -0.05) is 28.9 Å². The summed E-state index contributed by atoms with van der Waals surface area (Å²) in [6.07, 6.45) is 3.17. The van der Waals surface area contributed by atoms with Crippen LogP contribution in [0.3, 0.4) is 0 Å². The maximum absolute atomic E-state index is 5.94. The molecular weight excluding hydrogens is 318 g/mol. The third-order valence-corrected chi connectivity index (χ3v) is 3.64. The summed E-state index contributed by atoms with van der Waals surface area (Å²) in [5.74, 6) is 0.966. The van der Waals surface area contributed by atoms with Gasteiger partial charge in [0.2, 0.25) is 0 Å². The molecule has 4 heteroatoms. The summed E-state index contributed by atoms with van der Waals surface area (Å²) in [5, 5.41) is 3.50. The lowest BCUT2D eigenvalue weighted by molar-refractivity contribution is 0.184. The van der Waals surface area contributed by atoms with Crippen LogP contribution in [0.15, 0.2) is 22.7 Å². The fourth-order valence-corrected chi connectivity index (χ4v) is 2.33. The summed E-state index contributed by atoms with van der Waals surface area (Å²) >= 11 is 3.51. The SMILES string of the molecule is CCCNC(C)c1ccc(Br)cc1OCCCCOC. The molecule has 20 heavy (non-hydrogen) atoms. The predicted molar refractivity (Wildman–Crippen MR) is 87.5 cm³/mol. The molecule has 0 heterocycles. The number of nitrogens with one attached hydrogen (secondary N) is 1. The molecule has 1 N–H and O–H groups in total. The summed E-state index contributed by atoms with van der Waals surface area (Å²) < 4.78 is 12.0. The van der Waals surface area contributed by atoms with Crippen LogP contribution in [0, 0.1) is 0 Å². The molecule has 1 rings (SSSR count). The highest BCUT2D eigenvalue weighted by atomic mass is 79.9. The molecule has 1 atom stereocenters. The molecule has 0 saturated heterocycles. The van der Waals surface area contributed by atoms with Crippen molar-refractivity contribution in [2.75, 3.05) is 26.9 Å². The van der Waals surface area contributed by atoms with Gasteiger partial charge in [0.1, 0.15) is 5.75 Å². The minimum Gasteiger partial charge on any atom is -0.493 e. The molecule has 0 amide bonds. The average Bonchev–Trinajstić information content (AvgIpc) is 2.44. The van der Waals surface area contributed by atoms with Crippen LogP contribution in [-0.4, -0.2) is 26.9 Å². The van der Waals surface area contributed by atoms with E-state index < -0.39 is 0 Å². The van der Waals surface area contributed by atoms with E-state index in [1.54, 1.807) is 7.11 Å². The number of rotatable bonds is 10. The van der Waals surface area contributed by atoms with Gasteiger partial charge in [0.25, 0.3) is 0 Å².